The molecule has 4 nitrogen and oxygen atoms in total. The molecule has 0 radical (unpaired) electrons. The van der Waals surface area contributed by atoms with Crippen molar-refractivity contribution in [3.63, 3.8) is 0 Å². The largest absolute Gasteiger partial charge is 0.330 e. The molecule has 1 aromatic heterocycles. The fourth-order valence-corrected chi connectivity index (χ4v) is 1.96. The van der Waals surface area contributed by atoms with Crippen molar-refractivity contribution in [3.8, 4) is 11.4 Å². The van der Waals surface area contributed by atoms with Crippen LogP contribution in [0.15, 0.2) is 24.3 Å². The molecule has 0 atom stereocenters. The van der Waals surface area contributed by atoms with Crippen LogP contribution < -0.4 is 5.73 Å². The van der Waals surface area contributed by atoms with Gasteiger partial charge in [0.1, 0.15) is 5.82 Å². The summed E-state index contributed by atoms with van der Waals surface area (Å²) in [5, 5.41) is 8.34. The molecule has 2 rings (SSSR count). The predicted molar refractivity (Wildman–Crippen MR) is 68.6 cm³/mol. The normalized spacial score (nSPS) is 10.8. The highest BCUT2D eigenvalue weighted by Gasteiger charge is 2.08. The predicted octanol–water partition coefficient (Wildman–Crippen LogP) is 1.77. The van der Waals surface area contributed by atoms with Gasteiger partial charge in [-0.3, -0.25) is 0 Å². The summed E-state index contributed by atoms with van der Waals surface area (Å²) in [6.45, 7) is 5.65. The quantitative estimate of drug-likeness (QED) is 0.871. The third kappa shape index (κ3) is 2.36. The molecule has 0 aliphatic heterocycles. The van der Waals surface area contributed by atoms with Crippen molar-refractivity contribution in [2.75, 3.05) is 6.54 Å². The molecule has 1 heterocycles. The van der Waals surface area contributed by atoms with E-state index in [2.05, 4.69) is 46.0 Å². The fourth-order valence-electron chi connectivity index (χ4n) is 1.96. The van der Waals surface area contributed by atoms with E-state index in [9.17, 15) is 0 Å². The van der Waals surface area contributed by atoms with E-state index >= 15 is 0 Å². The molecule has 0 saturated heterocycles. The van der Waals surface area contributed by atoms with Gasteiger partial charge in [0.25, 0.3) is 0 Å². The number of hydrogen-bond acceptors (Lipinski definition) is 3. The Morgan fingerprint density at radius 2 is 1.88 bits per heavy atom. The first-order valence-electron chi connectivity index (χ1n) is 5.95. The lowest BCUT2D eigenvalue weighted by atomic mass is 10.1. The van der Waals surface area contributed by atoms with Gasteiger partial charge in [-0.2, -0.15) is 0 Å². The van der Waals surface area contributed by atoms with Gasteiger partial charge in [-0.1, -0.05) is 24.3 Å². The van der Waals surface area contributed by atoms with Crippen LogP contribution in [0.4, 0.5) is 0 Å². The second-order valence-corrected chi connectivity index (χ2v) is 4.05. The maximum absolute atomic E-state index is 5.53. The van der Waals surface area contributed by atoms with E-state index in [-0.39, 0.29) is 0 Å². The molecule has 0 fully saturated rings. The van der Waals surface area contributed by atoms with Crippen molar-refractivity contribution in [2.24, 2.45) is 5.73 Å². The van der Waals surface area contributed by atoms with E-state index in [0.717, 1.165) is 30.2 Å². The number of aromatic nitrogens is 3. The smallest absolute Gasteiger partial charge is 0.163 e. The fraction of sp³-hybridized carbons (Fsp3) is 0.385. The molecular formula is C13H18N4. The van der Waals surface area contributed by atoms with Crippen molar-refractivity contribution in [1.82, 2.24) is 14.8 Å². The second-order valence-electron chi connectivity index (χ2n) is 4.05. The summed E-state index contributed by atoms with van der Waals surface area (Å²) in [6.07, 6.45) is 0.916. The van der Waals surface area contributed by atoms with Gasteiger partial charge in [-0.15, -0.1) is 10.2 Å². The number of nitrogens with two attached hydrogens (primary N) is 1. The zero-order chi connectivity index (χ0) is 12.3. The Kier molecular flexibility index (Phi) is 3.54. The Hall–Kier alpha value is -1.68. The molecule has 1 aromatic carbocycles. The summed E-state index contributed by atoms with van der Waals surface area (Å²) in [7, 11) is 0. The number of benzene rings is 1. The molecule has 90 valence electrons. The number of hydrogen-bond donors (Lipinski definition) is 1. The summed E-state index contributed by atoms with van der Waals surface area (Å²) >= 11 is 0. The van der Waals surface area contributed by atoms with Gasteiger partial charge in [-0.05, 0) is 32.4 Å². The highest BCUT2D eigenvalue weighted by Crippen LogP contribution is 2.18. The maximum atomic E-state index is 5.53. The van der Waals surface area contributed by atoms with Crippen LogP contribution >= 0.6 is 0 Å². The van der Waals surface area contributed by atoms with Crippen LogP contribution in [0.3, 0.4) is 0 Å². The first-order valence-corrected chi connectivity index (χ1v) is 5.95. The minimum atomic E-state index is 0.684. The van der Waals surface area contributed by atoms with Crippen LogP contribution in [0.1, 0.15) is 18.3 Å². The van der Waals surface area contributed by atoms with Gasteiger partial charge in [0.2, 0.25) is 0 Å². The summed E-state index contributed by atoms with van der Waals surface area (Å²) < 4.78 is 2.11. The van der Waals surface area contributed by atoms with Gasteiger partial charge in [0, 0.05) is 12.1 Å². The Bertz CT molecular complexity index is 485. The van der Waals surface area contributed by atoms with Crippen molar-refractivity contribution in [2.45, 2.75) is 26.8 Å². The minimum absolute atomic E-state index is 0.684. The van der Waals surface area contributed by atoms with Gasteiger partial charge in [0.05, 0.1) is 0 Å². The van der Waals surface area contributed by atoms with Gasteiger partial charge in [-0.25, -0.2) is 0 Å². The maximum Gasteiger partial charge on any atom is 0.163 e. The van der Waals surface area contributed by atoms with Crippen LogP contribution in [0, 0.1) is 6.92 Å². The van der Waals surface area contributed by atoms with Gasteiger partial charge < -0.3 is 10.3 Å². The lowest BCUT2D eigenvalue weighted by molar-refractivity contribution is 0.736. The van der Waals surface area contributed by atoms with E-state index in [1.807, 2.05) is 6.92 Å². The average molecular weight is 230 g/mol. The van der Waals surface area contributed by atoms with Crippen LogP contribution in [-0.4, -0.2) is 21.3 Å². The van der Waals surface area contributed by atoms with E-state index in [0.29, 0.717) is 6.54 Å². The van der Waals surface area contributed by atoms with Crippen molar-refractivity contribution in [3.05, 3.63) is 35.7 Å². The summed E-state index contributed by atoms with van der Waals surface area (Å²) in [6, 6.07) is 8.37. The first-order chi connectivity index (χ1) is 8.26. The molecule has 2 N–H and O–H groups in total. The van der Waals surface area contributed by atoms with Crippen LogP contribution in [-0.2, 0) is 13.0 Å². The molecule has 4 heteroatoms. The molecule has 0 amide bonds. The van der Waals surface area contributed by atoms with E-state index < -0.39 is 0 Å². The van der Waals surface area contributed by atoms with Crippen molar-refractivity contribution in [1.29, 1.82) is 0 Å². The van der Waals surface area contributed by atoms with Crippen molar-refractivity contribution >= 4 is 0 Å². The molecular weight excluding hydrogens is 212 g/mol. The van der Waals surface area contributed by atoms with Crippen LogP contribution in [0.5, 0.6) is 0 Å². The summed E-state index contributed by atoms with van der Waals surface area (Å²) in [4.78, 5) is 0. The Morgan fingerprint density at radius 3 is 2.47 bits per heavy atom. The monoisotopic (exact) mass is 230 g/mol. The SMILES string of the molecule is CCn1c(C)nnc1-c1ccc(CCN)cc1. The topological polar surface area (TPSA) is 56.7 Å². The molecule has 0 spiro atoms. The Balaban J connectivity index is 2.33. The standard InChI is InChI=1S/C13H18N4/c1-3-17-10(2)15-16-13(17)12-6-4-11(5-7-12)8-9-14/h4-7H,3,8-9,14H2,1-2H3. The van der Waals surface area contributed by atoms with Gasteiger partial charge >= 0.3 is 0 Å². The first kappa shape index (κ1) is 11.8. The number of rotatable bonds is 4. The molecule has 0 saturated carbocycles. The zero-order valence-electron chi connectivity index (χ0n) is 10.3. The molecule has 0 unspecified atom stereocenters. The highest BCUT2D eigenvalue weighted by molar-refractivity contribution is 5.55. The molecule has 0 aliphatic rings. The zero-order valence-corrected chi connectivity index (χ0v) is 10.3. The number of aryl methyl sites for hydroxylation is 1. The third-order valence-corrected chi connectivity index (χ3v) is 2.90. The van der Waals surface area contributed by atoms with Gasteiger partial charge in [0.15, 0.2) is 5.82 Å². The summed E-state index contributed by atoms with van der Waals surface area (Å²) in [5.74, 6) is 1.89. The van der Waals surface area contributed by atoms with E-state index in [1.54, 1.807) is 0 Å². The van der Waals surface area contributed by atoms with E-state index in [4.69, 9.17) is 5.73 Å². The van der Waals surface area contributed by atoms with Crippen LogP contribution in [0.2, 0.25) is 0 Å². The minimum Gasteiger partial charge on any atom is -0.330 e. The molecule has 0 aliphatic carbocycles. The Morgan fingerprint density at radius 1 is 1.18 bits per heavy atom. The second kappa shape index (κ2) is 5.10. The molecule has 2 aromatic rings. The number of nitrogens with zero attached hydrogens (tertiary/aromatic N) is 3. The van der Waals surface area contributed by atoms with E-state index in [1.165, 1.54) is 5.56 Å². The third-order valence-electron chi connectivity index (χ3n) is 2.90. The molecule has 17 heavy (non-hydrogen) atoms. The van der Waals surface area contributed by atoms with Crippen molar-refractivity contribution < 1.29 is 0 Å². The lowest BCUT2D eigenvalue weighted by Crippen LogP contribution is -2.03. The Labute approximate surface area is 101 Å². The molecule has 0 bridgehead atoms. The van der Waals surface area contributed by atoms with Crippen LogP contribution in [0.25, 0.3) is 11.4 Å². The lowest BCUT2D eigenvalue weighted by Gasteiger charge is -2.06. The highest BCUT2D eigenvalue weighted by atomic mass is 15.3. The summed E-state index contributed by atoms with van der Waals surface area (Å²) in [5.41, 5.74) is 7.90. The average Bonchev–Trinajstić information content (AvgIpc) is 2.72.